The van der Waals surface area contributed by atoms with Crippen LogP contribution in [0.25, 0.3) is 0 Å². The van der Waals surface area contributed by atoms with Crippen LogP contribution in [0, 0.1) is 5.92 Å². The van der Waals surface area contributed by atoms with Crippen LogP contribution in [0.5, 0.6) is 0 Å². The van der Waals surface area contributed by atoms with Crippen molar-refractivity contribution in [3.8, 4) is 0 Å². The van der Waals surface area contributed by atoms with Gasteiger partial charge in [0.1, 0.15) is 0 Å². The maximum atomic E-state index is 12.5. The summed E-state index contributed by atoms with van der Waals surface area (Å²) in [5, 5.41) is 9.44. The van der Waals surface area contributed by atoms with Crippen molar-refractivity contribution < 1.29 is 9.59 Å². The third-order valence-corrected chi connectivity index (χ3v) is 5.40. The van der Waals surface area contributed by atoms with Crippen LogP contribution >= 0.6 is 24.0 Å². The van der Waals surface area contributed by atoms with Crippen LogP contribution in [0.3, 0.4) is 0 Å². The van der Waals surface area contributed by atoms with E-state index in [1.54, 1.807) is 31.6 Å². The number of hydrogen-bond acceptors (Lipinski definition) is 4. The van der Waals surface area contributed by atoms with E-state index < -0.39 is 0 Å². The molecule has 1 aliphatic carbocycles. The zero-order valence-corrected chi connectivity index (χ0v) is 19.2. The molecular formula is C20H31IN6O2. The molecule has 2 aliphatic rings. The lowest BCUT2D eigenvalue weighted by molar-refractivity contribution is -0.134. The molecule has 8 nitrogen and oxygen atoms in total. The highest BCUT2D eigenvalue weighted by atomic mass is 127. The lowest BCUT2D eigenvalue weighted by Gasteiger charge is -2.21. The van der Waals surface area contributed by atoms with E-state index in [0.29, 0.717) is 30.5 Å². The molecule has 0 aromatic carbocycles. The molecule has 3 N–H and O–H groups in total. The Kier molecular flexibility index (Phi) is 9.62. The Hall–Kier alpha value is -1.91. The maximum Gasteiger partial charge on any atom is 0.252 e. The number of nitrogens with one attached hydrogen (secondary N) is 3. The van der Waals surface area contributed by atoms with E-state index >= 15 is 0 Å². The van der Waals surface area contributed by atoms with Crippen LogP contribution in [0.15, 0.2) is 29.5 Å². The number of amides is 2. The summed E-state index contributed by atoms with van der Waals surface area (Å²) in [5.74, 6) is 1.10. The first-order chi connectivity index (χ1) is 13.7. The highest BCUT2D eigenvalue weighted by Crippen LogP contribution is 2.27. The van der Waals surface area contributed by atoms with Gasteiger partial charge < -0.3 is 20.9 Å². The van der Waals surface area contributed by atoms with Crippen LogP contribution < -0.4 is 16.0 Å². The third-order valence-electron chi connectivity index (χ3n) is 5.40. The molecule has 2 amide bonds. The number of carbonyl (C=O) groups excluding carboxylic acids is 2. The van der Waals surface area contributed by atoms with E-state index in [0.717, 1.165) is 32.4 Å². The van der Waals surface area contributed by atoms with E-state index in [9.17, 15) is 9.59 Å². The van der Waals surface area contributed by atoms with Crippen molar-refractivity contribution in [1.82, 2.24) is 25.8 Å². The number of aliphatic imine (C=N–C) groups is 1. The number of nitrogens with zero attached hydrogens (tertiary/aromatic N) is 3. The van der Waals surface area contributed by atoms with Crippen molar-refractivity contribution in [2.45, 2.75) is 38.1 Å². The summed E-state index contributed by atoms with van der Waals surface area (Å²) in [7, 11) is 1.72. The molecule has 0 radical (unpaired) electrons. The Morgan fingerprint density at radius 3 is 2.66 bits per heavy atom. The molecule has 0 bridgehead atoms. The van der Waals surface area contributed by atoms with Gasteiger partial charge in [-0.05, 0) is 31.4 Å². The number of aromatic nitrogens is 1. The highest BCUT2D eigenvalue weighted by Gasteiger charge is 2.32. The zero-order valence-electron chi connectivity index (χ0n) is 16.9. The maximum absolute atomic E-state index is 12.5. The lowest BCUT2D eigenvalue weighted by atomic mass is 10.1. The Bertz CT molecular complexity index is 693. The van der Waals surface area contributed by atoms with E-state index in [4.69, 9.17) is 0 Å². The van der Waals surface area contributed by atoms with Gasteiger partial charge in [0, 0.05) is 57.6 Å². The number of guanidine groups is 1. The van der Waals surface area contributed by atoms with Gasteiger partial charge in [-0.1, -0.05) is 12.8 Å². The number of likely N-dealkylation sites (tertiary alicyclic amines) is 1. The van der Waals surface area contributed by atoms with Gasteiger partial charge in [-0.15, -0.1) is 24.0 Å². The minimum Gasteiger partial charge on any atom is -0.355 e. The van der Waals surface area contributed by atoms with Crippen LogP contribution in [0.1, 0.15) is 42.5 Å². The average Bonchev–Trinajstić information content (AvgIpc) is 3.42. The molecule has 2 heterocycles. The number of carbonyl (C=O) groups is 2. The minimum atomic E-state index is -0.144. The van der Waals surface area contributed by atoms with Crippen molar-refractivity contribution in [3.05, 3.63) is 30.1 Å². The first-order valence-corrected chi connectivity index (χ1v) is 10.1. The van der Waals surface area contributed by atoms with E-state index in [1.807, 2.05) is 4.90 Å². The van der Waals surface area contributed by atoms with Crippen molar-refractivity contribution >= 4 is 41.8 Å². The van der Waals surface area contributed by atoms with E-state index in [1.165, 1.54) is 12.8 Å². The smallest absolute Gasteiger partial charge is 0.252 e. The predicted molar refractivity (Wildman–Crippen MR) is 123 cm³/mol. The largest absolute Gasteiger partial charge is 0.355 e. The Morgan fingerprint density at radius 1 is 1.21 bits per heavy atom. The number of halogens is 1. The molecule has 1 saturated carbocycles. The quantitative estimate of drug-likeness (QED) is 0.231. The molecule has 1 atom stereocenters. The summed E-state index contributed by atoms with van der Waals surface area (Å²) in [4.78, 5) is 34.7. The molecule has 0 spiro atoms. The van der Waals surface area contributed by atoms with Crippen LogP contribution in [-0.2, 0) is 4.79 Å². The molecule has 1 aromatic heterocycles. The topological polar surface area (TPSA) is 98.7 Å². The standard InChI is InChI=1S/C20H30N6O2.HI/c1-21-20(24-11-10-23-18(27)16-7-4-9-22-13-16)25-17-8-12-26(14-17)19(28)15-5-2-3-6-15;/h4,7,9,13,15,17H,2-3,5-6,8,10-12,14H2,1H3,(H,23,27)(H2,21,24,25);1H. The van der Waals surface area contributed by atoms with Gasteiger partial charge in [0.25, 0.3) is 5.91 Å². The molecular weight excluding hydrogens is 483 g/mol. The number of rotatable bonds is 6. The Labute approximate surface area is 189 Å². The summed E-state index contributed by atoms with van der Waals surface area (Å²) in [6, 6.07) is 3.68. The second kappa shape index (κ2) is 11.9. The average molecular weight is 514 g/mol. The summed E-state index contributed by atoms with van der Waals surface area (Å²) in [5.41, 5.74) is 0.544. The molecule has 3 rings (SSSR count). The van der Waals surface area contributed by atoms with Gasteiger partial charge in [0.05, 0.1) is 5.56 Å². The fourth-order valence-corrected chi connectivity index (χ4v) is 3.85. The summed E-state index contributed by atoms with van der Waals surface area (Å²) in [6.45, 7) is 2.58. The molecule has 1 saturated heterocycles. The molecule has 1 unspecified atom stereocenters. The first-order valence-electron chi connectivity index (χ1n) is 10.1. The molecule has 1 aliphatic heterocycles. The zero-order chi connectivity index (χ0) is 19.8. The minimum absolute atomic E-state index is 0. The normalized spacial score (nSPS) is 19.6. The van der Waals surface area contributed by atoms with E-state index in [2.05, 4.69) is 25.9 Å². The first kappa shape index (κ1) is 23.4. The molecule has 1 aromatic rings. The highest BCUT2D eigenvalue weighted by molar-refractivity contribution is 14.0. The molecule has 9 heteroatoms. The summed E-state index contributed by atoms with van der Waals surface area (Å²) >= 11 is 0. The summed E-state index contributed by atoms with van der Waals surface area (Å²) < 4.78 is 0. The van der Waals surface area contributed by atoms with Crippen LogP contribution in [0.2, 0.25) is 0 Å². The molecule has 2 fully saturated rings. The van der Waals surface area contributed by atoms with Crippen molar-refractivity contribution in [1.29, 1.82) is 0 Å². The SMILES string of the molecule is CN=C(NCCNC(=O)c1cccnc1)NC1CCN(C(=O)C2CCCC2)C1.I. The van der Waals surface area contributed by atoms with Gasteiger partial charge in [0.2, 0.25) is 5.91 Å². The van der Waals surface area contributed by atoms with Gasteiger partial charge in [-0.3, -0.25) is 19.6 Å². The number of hydrogen-bond donors (Lipinski definition) is 3. The predicted octanol–water partition coefficient (Wildman–Crippen LogP) is 1.39. The third kappa shape index (κ3) is 6.83. The van der Waals surface area contributed by atoms with Gasteiger partial charge in [-0.2, -0.15) is 0 Å². The fourth-order valence-electron chi connectivity index (χ4n) is 3.85. The fraction of sp³-hybridized carbons (Fsp3) is 0.600. The molecule has 160 valence electrons. The summed E-state index contributed by atoms with van der Waals surface area (Å²) in [6.07, 6.45) is 8.56. The Balaban J connectivity index is 0.00000300. The molecule has 29 heavy (non-hydrogen) atoms. The van der Waals surface area contributed by atoms with Gasteiger partial charge >= 0.3 is 0 Å². The van der Waals surface area contributed by atoms with Gasteiger partial charge in [-0.25, -0.2) is 0 Å². The Morgan fingerprint density at radius 2 is 1.97 bits per heavy atom. The second-order valence-electron chi connectivity index (χ2n) is 7.39. The van der Waals surface area contributed by atoms with Crippen molar-refractivity contribution in [3.63, 3.8) is 0 Å². The van der Waals surface area contributed by atoms with Crippen molar-refractivity contribution in [2.24, 2.45) is 10.9 Å². The monoisotopic (exact) mass is 514 g/mol. The van der Waals surface area contributed by atoms with E-state index in [-0.39, 0.29) is 41.8 Å². The van der Waals surface area contributed by atoms with Crippen LogP contribution in [0.4, 0.5) is 0 Å². The van der Waals surface area contributed by atoms with Crippen molar-refractivity contribution in [2.75, 3.05) is 33.2 Å². The second-order valence-corrected chi connectivity index (χ2v) is 7.39. The lowest BCUT2D eigenvalue weighted by Crippen LogP contribution is -2.47. The van der Waals surface area contributed by atoms with Gasteiger partial charge in [0.15, 0.2) is 5.96 Å². The van der Waals surface area contributed by atoms with Crippen LogP contribution in [-0.4, -0.2) is 66.9 Å². The number of pyridine rings is 1.